The first-order valence-electron chi connectivity index (χ1n) is 4.80. The highest BCUT2D eigenvalue weighted by Crippen LogP contribution is 2.24. The zero-order valence-corrected chi connectivity index (χ0v) is 9.85. The fourth-order valence-electron chi connectivity index (χ4n) is 1.33. The lowest BCUT2D eigenvalue weighted by Gasteiger charge is -2.13. The van der Waals surface area contributed by atoms with Gasteiger partial charge in [-0.25, -0.2) is 0 Å². The third kappa shape index (κ3) is 2.27. The standard InChI is InChI=1S/C10H11N5S/c1-15(2)8-5-3-7(4-6-8)9-11-13-10(16)14-12-9/h3-6,9H,1-2H3. The summed E-state index contributed by atoms with van der Waals surface area (Å²) in [5.41, 5.74) is 2.09. The summed E-state index contributed by atoms with van der Waals surface area (Å²) in [5, 5.41) is 15.6. The number of azo groups is 2. The number of rotatable bonds is 2. The Hall–Kier alpha value is -1.69. The van der Waals surface area contributed by atoms with Gasteiger partial charge in [0.05, 0.1) is 0 Å². The van der Waals surface area contributed by atoms with Crippen LogP contribution in [0.15, 0.2) is 44.7 Å². The second-order valence-electron chi connectivity index (χ2n) is 3.57. The first-order chi connectivity index (χ1) is 7.66. The molecule has 1 aromatic rings. The molecule has 82 valence electrons. The molecule has 0 unspecified atom stereocenters. The summed E-state index contributed by atoms with van der Waals surface area (Å²) in [4.78, 5) is 2.03. The van der Waals surface area contributed by atoms with Crippen LogP contribution in [0.2, 0.25) is 0 Å². The van der Waals surface area contributed by atoms with Crippen LogP contribution in [-0.2, 0) is 0 Å². The SMILES string of the molecule is CN(C)c1ccc(C2N=NC(=S)N=N2)cc1. The second kappa shape index (κ2) is 4.44. The van der Waals surface area contributed by atoms with E-state index in [1.54, 1.807) is 0 Å². The van der Waals surface area contributed by atoms with Gasteiger partial charge in [0.2, 0.25) is 6.17 Å². The third-order valence-corrected chi connectivity index (χ3v) is 2.38. The minimum atomic E-state index is -0.358. The minimum absolute atomic E-state index is 0.182. The number of benzene rings is 1. The molecule has 1 aliphatic rings. The quantitative estimate of drug-likeness (QED) is 0.737. The molecular formula is C10H11N5S. The van der Waals surface area contributed by atoms with E-state index in [4.69, 9.17) is 12.2 Å². The Morgan fingerprint density at radius 1 is 1.06 bits per heavy atom. The third-order valence-electron chi connectivity index (χ3n) is 2.21. The van der Waals surface area contributed by atoms with E-state index in [1.807, 2.05) is 43.3 Å². The van der Waals surface area contributed by atoms with Gasteiger partial charge in [-0.3, -0.25) is 0 Å². The van der Waals surface area contributed by atoms with Gasteiger partial charge in [0.15, 0.2) is 0 Å². The first kappa shape index (κ1) is 10.8. The highest BCUT2D eigenvalue weighted by molar-refractivity contribution is 7.80. The van der Waals surface area contributed by atoms with E-state index in [1.165, 1.54) is 0 Å². The maximum atomic E-state index is 4.74. The Kier molecular flexibility index (Phi) is 3.00. The molecule has 5 nitrogen and oxygen atoms in total. The van der Waals surface area contributed by atoms with Crippen LogP contribution in [0, 0.1) is 0 Å². The highest BCUT2D eigenvalue weighted by atomic mass is 32.1. The molecule has 0 spiro atoms. The van der Waals surface area contributed by atoms with Crippen LogP contribution >= 0.6 is 12.2 Å². The predicted molar refractivity (Wildman–Crippen MR) is 65.8 cm³/mol. The van der Waals surface area contributed by atoms with Crippen LogP contribution < -0.4 is 4.90 Å². The zero-order valence-electron chi connectivity index (χ0n) is 9.03. The minimum Gasteiger partial charge on any atom is -0.378 e. The Morgan fingerprint density at radius 2 is 1.62 bits per heavy atom. The van der Waals surface area contributed by atoms with E-state index < -0.39 is 0 Å². The van der Waals surface area contributed by atoms with Crippen molar-refractivity contribution in [2.45, 2.75) is 6.17 Å². The van der Waals surface area contributed by atoms with Gasteiger partial charge in [-0.05, 0) is 24.4 Å². The molecular weight excluding hydrogens is 222 g/mol. The van der Waals surface area contributed by atoms with Crippen LogP contribution in [-0.4, -0.2) is 19.2 Å². The molecule has 0 N–H and O–H groups in total. The van der Waals surface area contributed by atoms with Gasteiger partial charge in [0, 0.05) is 25.3 Å². The molecule has 0 saturated heterocycles. The van der Waals surface area contributed by atoms with Crippen molar-refractivity contribution in [1.82, 2.24) is 0 Å². The average Bonchev–Trinajstić information content (AvgIpc) is 2.30. The summed E-state index contributed by atoms with van der Waals surface area (Å²) in [5.74, 6) is 0. The monoisotopic (exact) mass is 233 g/mol. The summed E-state index contributed by atoms with van der Waals surface area (Å²) < 4.78 is 0. The van der Waals surface area contributed by atoms with Gasteiger partial charge >= 0.3 is 0 Å². The molecule has 0 aromatic heterocycles. The number of hydrogen-bond acceptors (Lipinski definition) is 4. The predicted octanol–water partition coefficient (Wildman–Crippen LogP) is 2.95. The molecule has 6 heteroatoms. The van der Waals surface area contributed by atoms with E-state index >= 15 is 0 Å². The molecule has 0 saturated carbocycles. The molecule has 0 amide bonds. The lowest BCUT2D eigenvalue weighted by atomic mass is 10.1. The van der Waals surface area contributed by atoms with Crippen molar-refractivity contribution in [3.63, 3.8) is 0 Å². The van der Waals surface area contributed by atoms with Crippen molar-refractivity contribution in [2.24, 2.45) is 20.5 Å². The average molecular weight is 233 g/mol. The van der Waals surface area contributed by atoms with Crippen molar-refractivity contribution < 1.29 is 0 Å². The van der Waals surface area contributed by atoms with E-state index in [-0.39, 0.29) is 11.3 Å². The molecule has 0 radical (unpaired) electrons. The number of nitrogens with zero attached hydrogens (tertiary/aromatic N) is 5. The normalized spacial score (nSPS) is 15.5. The van der Waals surface area contributed by atoms with Crippen LogP contribution in [0.3, 0.4) is 0 Å². The van der Waals surface area contributed by atoms with Crippen LogP contribution in [0.25, 0.3) is 0 Å². The number of anilines is 1. The molecule has 1 aliphatic heterocycles. The Balaban J connectivity index is 2.19. The van der Waals surface area contributed by atoms with Gasteiger partial charge in [0.1, 0.15) is 0 Å². The molecule has 0 bridgehead atoms. The number of thiocarbonyl (C=S) groups is 1. The van der Waals surface area contributed by atoms with Gasteiger partial charge < -0.3 is 4.90 Å². The lowest BCUT2D eigenvalue weighted by Crippen LogP contribution is -2.08. The fraction of sp³-hybridized carbons (Fsp3) is 0.300. The first-order valence-corrected chi connectivity index (χ1v) is 5.20. The molecule has 0 fully saturated rings. The molecule has 2 rings (SSSR count). The topological polar surface area (TPSA) is 52.7 Å². The van der Waals surface area contributed by atoms with Gasteiger partial charge in [-0.1, -0.05) is 12.1 Å². The Morgan fingerprint density at radius 3 is 2.12 bits per heavy atom. The smallest absolute Gasteiger partial charge is 0.259 e. The van der Waals surface area contributed by atoms with Crippen molar-refractivity contribution in [3.05, 3.63) is 29.8 Å². The van der Waals surface area contributed by atoms with Crippen molar-refractivity contribution in [3.8, 4) is 0 Å². The van der Waals surface area contributed by atoms with Crippen LogP contribution in [0.5, 0.6) is 0 Å². The van der Waals surface area contributed by atoms with Gasteiger partial charge in [0.25, 0.3) is 5.11 Å². The summed E-state index contributed by atoms with van der Waals surface area (Å²) in [6.45, 7) is 0. The van der Waals surface area contributed by atoms with Crippen LogP contribution in [0.4, 0.5) is 5.69 Å². The Labute approximate surface area is 98.9 Å². The summed E-state index contributed by atoms with van der Waals surface area (Å²) in [7, 11) is 3.99. The maximum Gasteiger partial charge on any atom is 0.259 e. The summed E-state index contributed by atoms with van der Waals surface area (Å²) in [6.07, 6.45) is -0.358. The highest BCUT2D eigenvalue weighted by Gasteiger charge is 2.12. The van der Waals surface area contributed by atoms with Gasteiger partial charge in [-0.2, -0.15) is 10.2 Å². The lowest BCUT2D eigenvalue weighted by molar-refractivity contribution is 0.676. The number of hydrogen-bond donors (Lipinski definition) is 0. The van der Waals surface area contributed by atoms with Crippen molar-refractivity contribution >= 4 is 23.0 Å². The van der Waals surface area contributed by atoms with Crippen molar-refractivity contribution in [2.75, 3.05) is 19.0 Å². The van der Waals surface area contributed by atoms with E-state index in [0.29, 0.717) is 0 Å². The summed E-state index contributed by atoms with van der Waals surface area (Å²) >= 11 is 4.74. The summed E-state index contributed by atoms with van der Waals surface area (Å²) in [6, 6.07) is 7.94. The molecule has 0 atom stereocenters. The van der Waals surface area contributed by atoms with E-state index in [9.17, 15) is 0 Å². The maximum absolute atomic E-state index is 4.74. The fourth-order valence-corrected chi connectivity index (χ4v) is 1.42. The molecule has 1 aromatic carbocycles. The van der Waals surface area contributed by atoms with Crippen LogP contribution in [0.1, 0.15) is 11.7 Å². The zero-order chi connectivity index (χ0) is 11.5. The Bertz CT molecular complexity index is 433. The largest absolute Gasteiger partial charge is 0.378 e. The van der Waals surface area contributed by atoms with E-state index in [0.717, 1.165) is 11.3 Å². The van der Waals surface area contributed by atoms with E-state index in [2.05, 4.69) is 20.5 Å². The molecule has 16 heavy (non-hydrogen) atoms. The molecule has 1 heterocycles. The van der Waals surface area contributed by atoms with Crippen molar-refractivity contribution in [1.29, 1.82) is 0 Å². The second-order valence-corrected chi connectivity index (χ2v) is 3.94. The van der Waals surface area contributed by atoms with Gasteiger partial charge in [-0.15, -0.1) is 10.2 Å². The molecule has 0 aliphatic carbocycles.